The molecule has 1 aliphatic rings. The molecule has 0 aliphatic carbocycles. The van der Waals surface area contributed by atoms with E-state index >= 15 is 0 Å². The standard InChI is InChI=1S/C10H12N2O3S/c1-16(14,15)12-7-6-9(11-13)8-4-2-3-5-10(8)12/h2-5,13H,6-7H2,1H3. The summed E-state index contributed by atoms with van der Waals surface area (Å²) in [6, 6.07) is 7.01. The van der Waals surface area contributed by atoms with Gasteiger partial charge in [0.25, 0.3) is 0 Å². The van der Waals surface area contributed by atoms with E-state index in [1.54, 1.807) is 24.3 Å². The molecule has 0 saturated heterocycles. The van der Waals surface area contributed by atoms with Crippen molar-refractivity contribution >= 4 is 21.4 Å². The maximum absolute atomic E-state index is 11.6. The van der Waals surface area contributed by atoms with Crippen LogP contribution < -0.4 is 4.31 Å². The van der Waals surface area contributed by atoms with Crippen LogP contribution >= 0.6 is 0 Å². The first kappa shape index (κ1) is 10.9. The predicted octanol–water partition coefficient (Wildman–Crippen LogP) is 1.03. The topological polar surface area (TPSA) is 70.0 Å². The van der Waals surface area contributed by atoms with Crippen LogP contribution in [-0.2, 0) is 10.0 Å². The van der Waals surface area contributed by atoms with Gasteiger partial charge >= 0.3 is 0 Å². The molecule has 1 aromatic rings. The molecule has 0 radical (unpaired) electrons. The SMILES string of the molecule is CS(=O)(=O)N1CCC(=NO)c2ccccc21. The summed E-state index contributed by atoms with van der Waals surface area (Å²) in [5.41, 5.74) is 1.77. The average Bonchev–Trinajstić information content (AvgIpc) is 2.26. The maximum Gasteiger partial charge on any atom is 0.232 e. The lowest BCUT2D eigenvalue weighted by molar-refractivity contribution is 0.318. The number of fused-ring (bicyclic) bond motifs is 1. The van der Waals surface area contributed by atoms with Gasteiger partial charge in [0, 0.05) is 18.5 Å². The second kappa shape index (κ2) is 3.79. The molecular weight excluding hydrogens is 228 g/mol. The third-order valence-corrected chi connectivity index (χ3v) is 3.74. The second-order valence-electron chi connectivity index (χ2n) is 3.65. The minimum Gasteiger partial charge on any atom is -0.411 e. The summed E-state index contributed by atoms with van der Waals surface area (Å²) in [5.74, 6) is 0. The fourth-order valence-corrected chi connectivity index (χ4v) is 2.79. The Bertz CT molecular complexity index is 537. The molecule has 1 aromatic carbocycles. The minimum atomic E-state index is -3.27. The Morgan fingerprint density at radius 2 is 2.06 bits per heavy atom. The summed E-state index contributed by atoms with van der Waals surface area (Å²) in [6.45, 7) is 0.315. The Morgan fingerprint density at radius 3 is 2.69 bits per heavy atom. The molecule has 16 heavy (non-hydrogen) atoms. The highest BCUT2D eigenvalue weighted by molar-refractivity contribution is 7.92. The predicted molar refractivity (Wildman–Crippen MR) is 61.6 cm³/mol. The monoisotopic (exact) mass is 240 g/mol. The van der Waals surface area contributed by atoms with E-state index in [9.17, 15) is 8.42 Å². The molecule has 0 atom stereocenters. The number of hydrogen-bond donors (Lipinski definition) is 1. The first-order valence-corrected chi connectivity index (χ1v) is 6.67. The Balaban J connectivity index is 2.60. The molecular formula is C10H12N2O3S. The van der Waals surface area contributed by atoms with E-state index in [1.807, 2.05) is 0 Å². The van der Waals surface area contributed by atoms with E-state index < -0.39 is 10.0 Å². The number of sulfonamides is 1. The van der Waals surface area contributed by atoms with Crippen molar-refractivity contribution < 1.29 is 13.6 Å². The summed E-state index contributed by atoms with van der Waals surface area (Å²) in [4.78, 5) is 0. The lowest BCUT2D eigenvalue weighted by Crippen LogP contribution is -2.36. The van der Waals surface area contributed by atoms with Gasteiger partial charge in [-0.15, -0.1) is 0 Å². The third-order valence-electron chi connectivity index (χ3n) is 2.56. The fourth-order valence-electron chi connectivity index (χ4n) is 1.85. The fraction of sp³-hybridized carbons (Fsp3) is 0.300. The normalized spacial score (nSPS) is 18.6. The molecule has 0 amide bonds. The van der Waals surface area contributed by atoms with Crippen molar-refractivity contribution in [3.05, 3.63) is 29.8 Å². The van der Waals surface area contributed by atoms with Crippen LogP contribution in [0.1, 0.15) is 12.0 Å². The van der Waals surface area contributed by atoms with Gasteiger partial charge in [-0.2, -0.15) is 0 Å². The zero-order valence-corrected chi connectivity index (χ0v) is 9.61. The number of oxime groups is 1. The van der Waals surface area contributed by atoms with Crippen LogP contribution in [0, 0.1) is 0 Å². The van der Waals surface area contributed by atoms with Gasteiger partial charge < -0.3 is 5.21 Å². The Hall–Kier alpha value is -1.56. The lowest BCUT2D eigenvalue weighted by atomic mass is 10.0. The molecule has 0 bridgehead atoms. The van der Waals surface area contributed by atoms with Crippen molar-refractivity contribution in [3.8, 4) is 0 Å². The molecule has 6 heteroatoms. The number of nitrogens with zero attached hydrogens (tertiary/aromatic N) is 2. The van der Waals surface area contributed by atoms with Crippen LogP contribution in [0.2, 0.25) is 0 Å². The quantitative estimate of drug-likeness (QED) is 0.589. The zero-order chi connectivity index (χ0) is 11.8. The first-order chi connectivity index (χ1) is 7.54. The highest BCUT2D eigenvalue weighted by atomic mass is 32.2. The molecule has 0 saturated carbocycles. The lowest BCUT2D eigenvalue weighted by Gasteiger charge is -2.29. The summed E-state index contributed by atoms with van der Waals surface area (Å²) >= 11 is 0. The maximum atomic E-state index is 11.6. The first-order valence-electron chi connectivity index (χ1n) is 4.82. The summed E-state index contributed by atoms with van der Waals surface area (Å²) in [6.07, 6.45) is 1.59. The van der Waals surface area contributed by atoms with E-state index in [1.165, 1.54) is 10.6 Å². The van der Waals surface area contributed by atoms with Gasteiger partial charge in [-0.05, 0) is 6.07 Å². The van der Waals surface area contributed by atoms with E-state index in [4.69, 9.17) is 5.21 Å². The Morgan fingerprint density at radius 1 is 1.38 bits per heavy atom. The van der Waals surface area contributed by atoms with Gasteiger partial charge in [-0.3, -0.25) is 4.31 Å². The van der Waals surface area contributed by atoms with Gasteiger partial charge in [0.15, 0.2) is 0 Å². The molecule has 1 aliphatic heterocycles. The van der Waals surface area contributed by atoms with Crippen molar-refractivity contribution in [2.45, 2.75) is 6.42 Å². The molecule has 0 aromatic heterocycles. The number of benzene rings is 1. The minimum absolute atomic E-state index is 0.315. The van der Waals surface area contributed by atoms with Gasteiger partial charge in [-0.25, -0.2) is 8.42 Å². The van der Waals surface area contributed by atoms with E-state index in [0.29, 0.717) is 29.9 Å². The second-order valence-corrected chi connectivity index (χ2v) is 5.56. The summed E-state index contributed by atoms with van der Waals surface area (Å²) < 4.78 is 24.5. The van der Waals surface area contributed by atoms with Crippen molar-refractivity contribution in [3.63, 3.8) is 0 Å². The molecule has 5 nitrogen and oxygen atoms in total. The van der Waals surface area contributed by atoms with E-state index in [0.717, 1.165) is 0 Å². The van der Waals surface area contributed by atoms with E-state index in [2.05, 4.69) is 5.16 Å². The zero-order valence-electron chi connectivity index (χ0n) is 8.79. The Labute approximate surface area is 94.0 Å². The highest BCUT2D eigenvalue weighted by Gasteiger charge is 2.27. The molecule has 1 heterocycles. The summed E-state index contributed by atoms with van der Waals surface area (Å²) in [7, 11) is -3.27. The third kappa shape index (κ3) is 1.76. The van der Waals surface area contributed by atoms with Crippen molar-refractivity contribution in [2.75, 3.05) is 17.1 Å². The molecule has 0 unspecified atom stereocenters. The van der Waals surface area contributed by atoms with Crippen molar-refractivity contribution in [2.24, 2.45) is 5.16 Å². The Kier molecular flexibility index (Phi) is 2.59. The van der Waals surface area contributed by atoms with Crippen LogP contribution in [0.3, 0.4) is 0 Å². The van der Waals surface area contributed by atoms with Crippen LogP contribution in [0.25, 0.3) is 0 Å². The number of hydrogen-bond acceptors (Lipinski definition) is 4. The van der Waals surface area contributed by atoms with Crippen LogP contribution in [-0.4, -0.2) is 32.1 Å². The van der Waals surface area contributed by atoms with Crippen LogP contribution in [0.15, 0.2) is 29.4 Å². The largest absolute Gasteiger partial charge is 0.411 e. The van der Waals surface area contributed by atoms with Gasteiger partial charge in [-0.1, -0.05) is 23.4 Å². The van der Waals surface area contributed by atoms with Gasteiger partial charge in [0.2, 0.25) is 10.0 Å². The molecule has 1 N–H and O–H groups in total. The van der Waals surface area contributed by atoms with E-state index in [-0.39, 0.29) is 0 Å². The highest BCUT2D eigenvalue weighted by Crippen LogP contribution is 2.28. The van der Waals surface area contributed by atoms with Crippen LogP contribution in [0.4, 0.5) is 5.69 Å². The van der Waals surface area contributed by atoms with Gasteiger partial charge in [0.1, 0.15) is 0 Å². The summed E-state index contributed by atoms with van der Waals surface area (Å²) in [5, 5.41) is 12.0. The van der Waals surface area contributed by atoms with Crippen molar-refractivity contribution in [1.82, 2.24) is 0 Å². The number of para-hydroxylation sites is 1. The molecule has 86 valence electrons. The van der Waals surface area contributed by atoms with Crippen molar-refractivity contribution in [1.29, 1.82) is 0 Å². The average molecular weight is 240 g/mol. The molecule has 2 rings (SSSR count). The van der Waals surface area contributed by atoms with Gasteiger partial charge in [0.05, 0.1) is 17.7 Å². The molecule has 0 fully saturated rings. The smallest absolute Gasteiger partial charge is 0.232 e. The number of rotatable bonds is 1. The molecule has 0 spiro atoms. The number of anilines is 1. The van der Waals surface area contributed by atoms with Crippen LogP contribution in [0.5, 0.6) is 0 Å².